The minimum Gasteiger partial charge on any atom is -0.495 e. The first-order chi connectivity index (χ1) is 12.8. The summed E-state index contributed by atoms with van der Waals surface area (Å²) in [7, 11) is 1.69. The quantitative estimate of drug-likeness (QED) is 0.716. The molecule has 1 atom stereocenters. The number of methoxy groups -OCH3 is 1. The molecule has 26 heavy (non-hydrogen) atoms. The number of nitrogens with one attached hydrogen (secondary N) is 1. The van der Waals surface area contributed by atoms with Gasteiger partial charge in [0.05, 0.1) is 24.4 Å². The van der Waals surface area contributed by atoms with E-state index < -0.39 is 0 Å². The first-order valence-electron chi connectivity index (χ1n) is 9.22. The van der Waals surface area contributed by atoms with Crippen molar-refractivity contribution in [3.8, 4) is 23.1 Å². The first kappa shape index (κ1) is 16.5. The summed E-state index contributed by atoms with van der Waals surface area (Å²) in [6, 6.07) is 17.0. The molecule has 0 amide bonds. The van der Waals surface area contributed by atoms with Gasteiger partial charge < -0.3 is 14.6 Å². The van der Waals surface area contributed by atoms with E-state index in [4.69, 9.17) is 4.74 Å². The SMILES string of the molecule is CCC1CCCN1c1ccc(-c2cc(C#N)c3ccccc3c2OC)[nH]1. The summed E-state index contributed by atoms with van der Waals surface area (Å²) in [6.45, 7) is 3.34. The summed E-state index contributed by atoms with van der Waals surface area (Å²) >= 11 is 0. The van der Waals surface area contributed by atoms with Crippen LogP contribution in [0.4, 0.5) is 5.82 Å². The van der Waals surface area contributed by atoms with E-state index in [9.17, 15) is 5.26 Å². The van der Waals surface area contributed by atoms with Gasteiger partial charge in [0.2, 0.25) is 0 Å². The van der Waals surface area contributed by atoms with Crippen LogP contribution in [0.15, 0.2) is 42.5 Å². The molecule has 2 aromatic carbocycles. The average Bonchev–Trinajstić information content (AvgIpc) is 3.35. The van der Waals surface area contributed by atoms with Gasteiger partial charge in [-0.2, -0.15) is 5.26 Å². The van der Waals surface area contributed by atoms with Crippen molar-refractivity contribution < 1.29 is 4.74 Å². The fraction of sp³-hybridized carbons (Fsp3) is 0.318. The van der Waals surface area contributed by atoms with Gasteiger partial charge in [-0.15, -0.1) is 0 Å². The molecular weight excluding hydrogens is 322 g/mol. The number of aromatic nitrogens is 1. The second-order valence-corrected chi connectivity index (χ2v) is 6.82. The molecule has 1 fully saturated rings. The normalized spacial score (nSPS) is 16.8. The highest BCUT2D eigenvalue weighted by Crippen LogP contribution is 2.39. The highest BCUT2D eigenvalue weighted by Gasteiger charge is 2.24. The lowest BCUT2D eigenvalue weighted by Crippen LogP contribution is -2.28. The molecule has 1 aliphatic heterocycles. The number of anilines is 1. The minimum atomic E-state index is 0.606. The molecule has 0 saturated carbocycles. The number of aromatic amines is 1. The second-order valence-electron chi connectivity index (χ2n) is 6.82. The maximum Gasteiger partial charge on any atom is 0.136 e. The molecule has 4 rings (SSSR count). The van der Waals surface area contributed by atoms with Crippen LogP contribution < -0.4 is 9.64 Å². The van der Waals surface area contributed by atoms with Gasteiger partial charge in [-0.05, 0) is 37.5 Å². The van der Waals surface area contributed by atoms with Crippen LogP contribution in [-0.2, 0) is 0 Å². The Kier molecular flexibility index (Phi) is 4.30. The Bertz CT molecular complexity index is 983. The average molecular weight is 345 g/mol. The van der Waals surface area contributed by atoms with Gasteiger partial charge >= 0.3 is 0 Å². The molecule has 1 N–H and O–H groups in total. The van der Waals surface area contributed by atoms with E-state index in [0.717, 1.165) is 46.6 Å². The Morgan fingerprint density at radius 3 is 2.77 bits per heavy atom. The van der Waals surface area contributed by atoms with Crippen LogP contribution in [0.3, 0.4) is 0 Å². The Morgan fingerprint density at radius 2 is 2.04 bits per heavy atom. The van der Waals surface area contributed by atoms with Gasteiger partial charge in [0, 0.05) is 28.9 Å². The molecule has 1 unspecified atom stereocenters. The van der Waals surface area contributed by atoms with Crippen molar-refractivity contribution in [2.45, 2.75) is 32.2 Å². The van der Waals surface area contributed by atoms with Crippen LogP contribution in [-0.4, -0.2) is 24.7 Å². The second kappa shape index (κ2) is 6.76. The topological polar surface area (TPSA) is 52.1 Å². The zero-order valence-electron chi connectivity index (χ0n) is 15.2. The van der Waals surface area contributed by atoms with Crippen molar-refractivity contribution in [2.24, 2.45) is 0 Å². The molecule has 0 aliphatic carbocycles. The molecule has 4 nitrogen and oxygen atoms in total. The van der Waals surface area contributed by atoms with Crippen LogP contribution in [0, 0.1) is 11.3 Å². The van der Waals surface area contributed by atoms with E-state index in [-0.39, 0.29) is 0 Å². The molecule has 4 heteroatoms. The lowest BCUT2D eigenvalue weighted by molar-refractivity contribution is 0.421. The Balaban J connectivity index is 1.84. The molecule has 1 aliphatic rings. The number of fused-ring (bicyclic) bond motifs is 1. The highest BCUT2D eigenvalue weighted by atomic mass is 16.5. The van der Waals surface area contributed by atoms with Crippen LogP contribution in [0.2, 0.25) is 0 Å². The lowest BCUT2D eigenvalue weighted by atomic mass is 9.98. The van der Waals surface area contributed by atoms with Gasteiger partial charge in [0.25, 0.3) is 0 Å². The maximum absolute atomic E-state index is 9.61. The lowest BCUT2D eigenvalue weighted by Gasteiger charge is -2.24. The third-order valence-corrected chi connectivity index (χ3v) is 5.44. The summed E-state index contributed by atoms with van der Waals surface area (Å²) in [5.74, 6) is 1.96. The molecular formula is C22H23N3O. The summed E-state index contributed by atoms with van der Waals surface area (Å²) in [5, 5.41) is 11.5. The molecule has 3 aromatic rings. The number of hydrogen-bond acceptors (Lipinski definition) is 3. The van der Waals surface area contributed by atoms with E-state index in [1.54, 1.807) is 7.11 Å². The van der Waals surface area contributed by atoms with Crippen LogP contribution in [0.5, 0.6) is 5.75 Å². The van der Waals surface area contributed by atoms with E-state index in [1.807, 2.05) is 30.3 Å². The largest absolute Gasteiger partial charge is 0.495 e. The molecule has 1 saturated heterocycles. The predicted molar refractivity (Wildman–Crippen MR) is 106 cm³/mol. The number of benzene rings is 2. The number of nitrogens with zero attached hydrogens (tertiary/aromatic N) is 2. The number of ether oxygens (including phenoxy) is 1. The molecule has 1 aromatic heterocycles. The van der Waals surface area contributed by atoms with Crippen molar-refractivity contribution in [2.75, 3.05) is 18.6 Å². The van der Waals surface area contributed by atoms with Gasteiger partial charge in [0.15, 0.2) is 0 Å². The molecule has 0 radical (unpaired) electrons. The van der Waals surface area contributed by atoms with Crippen molar-refractivity contribution in [1.82, 2.24) is 4.98 Å². The van der Waals surface area contributed by atoms with E-state index in [1.165, 1.54) is 12.8 Å². The fourth-order valence-electron chi connectivity index (χ4n) is 4.15. The zero-order valence-corrected chi connectivity index (χ0v) is 15.2. The predicted octanol–water partition coefficient (Wildman–Crippen LogP) is 5.09. The number of H-pyrrole nitrogens is 1. The van der Waals surface area contributed by atoms with E-state index in [2.05, 4.69) is 35.0 Å². The molecule has 0 bridgehead atoms. The van der Waals surface area contributed by atoms with Crippen LogP contribution in [0.25, 0.3) is 22.0 Å². The van der Waals surface area contributed by atoms with Crippen molar-refractivity contribution in [3.05, 3.63) is 48.0 Å². The van der Waals surface area contributed by atoms with Crippen molar-refractivity contribution >= 4 is 16.6 Å². The maximum atomic E-state index is 9.61. The Morgan fingerprint density at radius 1 is 1.23 bits per heavy atom. The smallest absolute Gasteiger partial charge is 0.136 e. The monoisotopic (exact) mass is 345 g/mol. The van der Waals surface area contributed by atoms with E-state index >= 15 is 0 Å². The first-order valence-corrected chi connectivity index (χ1v) is 9.22. The van der Waals surface area contributed by atoms with Gasteiger partial charge in [-0.25, -0.2) is 0 Å². The Hall–Kier alpha value is -2.93. The van der Waals surface area contributed by atoms with Crippen molar-refractivity contribution in [3.63, 3.8) is 0 Å². The molecule has 2 heterocycles. The Labute approximate surface area is 154 Å². The zero-order chi connectivity index (χ0) is 18.1. The standard InChI is InChI=1S/C22H23N3O/c1-3-16-7-6-12-25(16)21-11-10-20(24-21)19-13-15(14-23)17-8-4-5-9-18(17)22(19)26-2/h4-5,8-11,13,16,24H,3,6-7,12H2,1-2H3. The third-order valence-electron chi connectivity index (χ3n) is 5.44. The van der Waals surface area contributed by atoms with E-state index in [0.29, 0.717) is 11.6 Å². The summed E-state index contributed by atoms with van der Waals surface area (Å²) in [6.07, 6.45) is 3.65. The third kappa shape index (κ3) is 2.61. The summed E-state index contributed by atoms with van der Waals surface area (Å²) in [4.78, 5) is 6.02. The number of rotatable bonds is 4. The number of nitriles is 1. The van der Waals surface area contributed by atoms with Gasteiger partial charge in [-0.1, -0.05) is 31.2 Å². The summed E-state index contributed by atoms with van der Waals surface area (Å²) in [5.41, 5.74) is 2.59. The van der Waals surface area contributed by atoms with Crippen LogP contribution >= 0.6 is 0 Å². The fourth-order valence-corrected chi connectivity index (χ4v) is 4.15. The van der Waals surface area contributed by atoms with Crippen molar-refractivity contribution in [1.29, 1.82) is 5.26 Å². The number of hydrogen-bond donors (Lipinski definition) is 1. The minimum absolute atomic E-state index is 0.606. The van der Waals surface area contributed by atoms with Crippen LogP contribution in [0.1, 0.15) is 31.7 Å². The van der Waals surface area contributed by atoms with Gasteiger partial charge in [-0.3, -0.25) is 0 Å². The molecule has 0 spiro atoms. The highest BCUT2D eigenvalue weighted by molar-refractivity contribution is 5.98. The summed E-state index contributed by atoms with van der Waals surface area (Å²) < 4.78 is 5.75. The molecule has 132 valence electrons. The van der Waals surface area contributed by atoms with Gasteiger partial charge in [0.1, 0.15) is 11.6 Å².